The molecular formula is C21H26O5. The molecule has 0 bridgehead atoms. The minimum atomic E-state index is -1.14. The van der Waals surface area contributed by atoms with Crippen LogP contribution in [-0.2, 0) is 20.3 Å². The van der Waals surface area contributed by atoms with Gasteiger partial charge in [-0.2, -0.15) is 4.89 Å². The highest BCUT2D eigenvalue weighted by atomic mass is 17.3. The SMILES string of the molecule is COc1ccc2cc(O)c([C@@]34OCC(C)(C)[C@]3(C(C)(C)C)OO4)cc2c1. The van der Waals surface area contributed by atoms with Crippen molar-refractivity contribution in [1.82, 2.24) is 0 Å². The zero-order chi connectivity index (χ0) is 19.0. The van der Waals surface area contributed by atoms with E-state index >= 15 is 0 Å². The monoisotopic (exact) mass is 358 g/mol. The molecule has 1 N–H and O–H groups in total. The number of aromatic hydroxyl groups is 1. The van der Waals surface area contributed by atoms with Gasteiger partial charge in [0.15, 0.2) is 5.60 Å². The summed E-state index contributed by atoms with van der Waals surface area (Å²) in [6, 6.07) is 9.38. The van der Waals surface area contributed by atoms with Gasteiger partial charge in [0.2, 0.25) is 0 Å². The molecule has 0 radical (unpaired) electrons. The second-order valence-electron chi connectivity index (χ2n) is 8.97. The number of phenols is 1. The maximum Gasteiger partial charge on any atom is 0.265 e. The van der Waals surface area contributed by atoms with Gasteiger partial charge >= 0.3 is 0 Å². The van der Waals surface area contributed by atoms with Gasteiger partial charge in [0.25, 0.3) is 5.79 Å². The van der Waals surface area contributed by atoms with Crippen LogP contribution in [0.5, 0.6) is 11.5 Å². The van der Waals surface area contributed by atoms with Gasteiger partial charge in [-0.15, -0.1) is 0 Å². The second kappa shape index (κ2) is 5.12. The summed E-state index contributed by atoms with van der Waals surface area (Å²) in [6.45, 7) is 11.0. The minimum Gasteiger partial charge on any atom is -0.507 e. The summed E-state index contributed by atoms with van der Waals surface area (Å²) >= 11 is 0. The van der Waals surface area contributed by atoms with Crippen molar-refractivity contribution in [2.45, 2.75) is 46.0 Å². The average molecular weight is 358 g/mol. The Morgan fingerprint density at radius 2 is 1.77 bits per heavy atom. The van der Waals surface area contributed by atoms with Crippen molar-refractivity contribution in [2.24, 2.45) is 10.8 Å². The first kappa shape index (κ1) is 17.6. The lowest BCUT2D eigenvalue weighted by Gasteiger charge is -2.61. The molecule has 2 aliphatic rings. The summed E-state index contributed by atoms with van der Waals surface area (Å²) in [5.41, 5.74) is -0.706. The van der Waals surface area contributed by atoms with Crippen molar-refractivity contribution < 1.29 is 24.4 Å². The first-order valence-electron chi connectivity index (χ1n) is 8.90. The van der Waals surface area contributed by atoms with Crippen molar-refractivity contribution in [1.29, 1.82) is 0 Å². The smallest absolute Gasteiger partial charge is 0.265 e. The normalized spacial score (nSPS) is 30.1. The summed E-state index contributed by atoms with van der Waals surface area (Å²) in [7, 11) is 1.64. The van der Waals surface area contributed by atoms with Crippen molar-refractivity contribution >= 4 is 10.8 Å². The van der Waals surface area contributed by atoms with Gasteiger partial charge in [0, 0.05) is 10.8 Å². The van der Waals surface area contributed by atoms with Crippen LogP contribution in [0, 0.1) is 10.8 Å². The van der Waals surface area contributed by atoms with Crippen LogP contribution >= 0.6 is 0 Å². The number of methoxy groups -OCH3 is 1. The Labute approximate surface area is 153 Å². The molecule has 2 aromatic carbocycles. The molecule has 0 unspecified atom stereocenters. The Bertz CT molecular complexity index is 882. The quantitative estimate of drug-likeness (QED) is 0.801. The molecule has 2 heterocycles. The zero-order valence-corrected chi connectivity index (χ0v) is 16.2. The lowest BCUT2D eigenvalue weighted by molar-refractivity contribution is -0.626. The van der Waals surface area contributed by atoms with Crippen molar-refractivity contribution in [2.75, 3.05) is 13.7 Å². The summed E-state index contributed by atoms with van der Waals surface area (Å²) in [5, 5.41) is 12.7. The molecule has 5 nitrogen and oxygen atoms in total. The Morgan fingerprint density at radius 1 is 1.04 bits per heavy atom. The van der Waals surface area contributed by atoms with Crippen LogP contribution in [0.2, 0.25) is 0 Å². The Hall–Kier alpha value is -1.82. The zero-order valence-electron chi connectivity index (χ0n) is 16.2. The average Bonchev–Trinajstić information content (AvgIpc) is 2.68. The van der Waals surface area contributed by atoms with E-state index in [9.17, 15) is 5.11 Å². The highest BCUT2D eigenvalue weighted by molar-refractivity contribution is 5.86. The molecule has 140 valence electrons. The van der Waals surface area contributed by atoms with Gasteiger partial charge in [-0.25, -0.2) is 4.89 Å². The molecule has 4 rings (SSSR count). The topological polar surface area (TPSA) is 57.2 Å². The van der Waals surface area contributed by atoms with E-state index in [0.717, 1.165) is 16.5 Å². The molecule has 0 saturated carbocycles. The number of phenolic OH excluding ortho intramolecular Hbond substituents is 1. The van der Waals surface area contributed by atoms with Gasteiger partial charge in [0.1, 0.15) is 11.5 Å². The molecule has 0 amide bonds. The first-order chi connectivity index (χ1) is 12.1. The Morgan fingerprint density at radius 3 is 2.35 bits per heavy atom. The molecule has 0 aromatic heterocycles. The number of rotatable bonds is 2. The van der Waals surface area contributed by atoms with Gasteiger partial charge in [0.05, 0.1) is 19.3 Å². The maximum absolute atomic E-state index is 10.8. The fourth-order valence-corrected chi connectivity index (χ4v) is 4.87. The largest absolute Gasteiger partial charge is 0.507 e. The van der Waals surface area contributed by atoms with Crippen LogP contribution in [0.25, 0.3) is 10.8 Å². The van der Waals surface area contributed by atoms with Crippen LogP contribution in [0.1, 0.15) is 40.2 Å². The molecule has 26 heavy (non-hydrogen) atoms. The summed E-state index contributed by atoms with van der Waals surface area (Å²) in [6.07, 6.45) is 0. The first-order valence-corrected chi connectivity index (χ1v) is 8.90. The highest BCUT2D eigenvalue weighted by Crippen LogP contribution is 2.70. The van der Waals surface area contributed by atoms with E-state index in [-0.39, 0.29) is 16.6 Å². The summed E-state index contributed by atoms with van der Waals surface area (Å²) < 4.78 is 11.6. The molecule has 2 aliphatic heterocycles. The third-order valence-corrected chi connectivity index (χ3v) is 5.91. The van der Waals surface area contributed by atoms with E-state index in [0.29, 0.717) is 12.2 Å². The van der Waals surface area contributed by atoms with E-state index in [1.807, 2.05) is 24.3 Å². The van der Waals surface area contributed by atoms with E-state index in [1.54, 1.807) is 13.2 Å². The summed E-state index contributed by atoms with van der Waals surface area (Å²) in [5.74, 6) is -0.250. The van der Waals surface area contributed by atoms with Crippen LogP contribution in [-0.4, -0.2) is 24.4 Å². The highest BCUT2D eigenvalue weighted by Gasteiger charge is 2.81. The molecule has 0 aliphatic carbocycles. The van der Waals surface area contributed by atoms with Crippen molar-refractivity contribution in [3.05, 3.63) is 35.9 Å². The van der Waals surface area contributed by atoms with Crippen molar-refractivity contribution in [3.8, 4) is 11.5 Å². The van der Waals surface area contributed by atoms with Crippen LogP contribution in [0.3, 0.4) is 0 Å². The maximum atomic E-state index is 10.8. The fraction of sp³-hybridized carbons (Fsp3) is 0.524. The lowest BCUT2D eigenvalue weighted by atomic mass is 9.57. The predicted molar refractivity (Wildman–Crippen MR) is 97.9 cm³/mol. The van der Waals surface area contributed by atoms with E-state index < -0.39 is 11.4 Å². The Balaban J connectivity index is 1.96. The van der Waals surface area contributed by atoms with E-state index in [2.05, 4.69) is 34.6 Å². The van der Waals surface area contributed by atoms with Crippen LogP contribution in [0.4, 0.5) is 0 Å². The van der Waals surface area contributed by atoms with Gasteiger partial charge in [-0.05, 0) is 35.0 Å². The second-order valence-corrected chi connectivity index (χ2v) is 8.97. The third-order valence-electron chi connectivity index (χ3n) is 5.91. The molecule has 0 spiro atoms. The van der Waals surface area contributed by atoms with E-state index in [1.165, 1.54) is 0 Å². The molecule has 5 heteroatoms. The number of fused-ring (bicyclic) bond motifs is 2. The number of benzene rings is 2. The Kier molecular flexibility index (Phi) is 3.47. The molecular weight excluding hydrogens is 332 g/mol. The number of ether oxygens (including phenoxy) is 2. The van der Waals surface area contributed by atoms with Gasteiger partial charge in [-0.1, -0.05) is 40.7 Å². The lowest BCUT2D eigenvalue weighted by Crippen LogP contribution is -2.73. The molecule has 2 fully saturated rings. The third kappa shape index (κ3) is 1.91. The van der Waals surface area contributed by atoms with Crippen LogP contribution < -0.4 is 4.74 Å². The number of hydrogen-bond acceptors (Lipinski definition) is 5. The van der Waals surface area contributed by atoms with E-state index in [4.69, 9.17) is 19.2 Å². The van der Waals surface area contributed by atoms with Gasteiger partial charge < -0.3 is 14.6 Å². The molecule has 2 atom stereocenters. The van der Waals surface area contributed by atoms with Crippen molar-refractivity contribution in [3.63, 3.8) is 0 Å². The predicted octanol–water partition coefficient (Wildman–Crippen LogP) is 4.51. The summed E-state index contributed by atoms with van der Waals surface area (Å²) in [4.78, 5) is 11.5. The molecule has 2 saturated heterocycles. The van der Waals surface area contributed by atoms with Gasteiger partial charge in [-0.3, -0.25) is 0 Å². The van der Waals surface area contributed by atoms with Crippen LogP contribution in [0.15, 0.2) is 30.3 Å². The molecule has 2 aromatic rings. The minimum absolute atomic E-state index is 0.136. The fourth-order valence-electron chi connectivity index (χ4n) is 4.87. The standard InChI is InChI=1S/C21H26O5/c1-18(2,3)21-19(4,5)12-24-20(21,25-26-21)16-10-14-9-15(23-6)8-7-13(14)11-17(16)22/h7-11,22H,12H2,1-6H3/t20-,21-/m0/s1. The number of hydrogen-bond donors (Lipinski definition) is 1.